The molecule has 6 heteroatoms. The molecule has 1 N–H and O–H groups in total. The molecule has 0 aromatic carbocycles. The largest absolute Gasteiger partial charge is 0.378 e. The van der Waals surface area contributed by atoms with Crippen molar-refractivity contribution in [2.45, 2.75) is 24.9 Å². The number of nitrogens with one attached hydrogen (secondary N) is 1. The van der Waals surface area contributed by atoms with E-state index >= 15 is 0 Å². The second kappa shape index (κ2) is 7.50. The van der Waals surface area contributed by atoms with Gasteiger partial charge in [0.2, 0.25) is 5.91 Å². The number of nitrogens with zero attached hydrogens (tertiary/aromatic N) is 2. The van der Waals surface area contributed by atoms with E-state index in [1.165, 1.54) is 0 Å². The summed E-state index contributed by atoms with van der Waals surface area (Å²) in [5, 5.41) is 4.21. The van der Waals surface area contributed by atoms with Gasteiger partial charge in [0.15, 0.2) is 0 Å². The van der Waals surface area contributed by atoms with E-state index < -0.39 is 0 Å². The number of aromatic nitrogens is 1. The van der Waals surface area contributed by atoms with Crippen LogP contribution in [-0.2, 0) is 9.53 Å². The number of rotatable bonds is 5. The molecule has 1 aliphatic heterocycles. The van der Waals surface area contributed by atoms with Crippen LogP contribution in [0.5, 0.6) is 0 Å². The van der Waals surface area contributed by atoms with Gasteiger partial charge in [-0.2, -0.15) is 0 Å². The highest BCUT2D eigenvalue weighted by molar-refractivity contribution is 7.99. The number of pyridine rings is 1. The summed E-state index contributed by atoms with van der Waals surface area (Å²) in [6, 6.07) is 3.69. The summed E-state index contributed by atoms with van der Waals surface area (Å²) in [5.74, 6) is 1.12. The number of ether oxygens (including phenoxy) is 1. The molecule has 1 saturated heterocycles. The summed E-state index contributed by atoms with van der Waals surface area (Å²) < 4.78 is 5.26. The molecule has 20 heavy (non-hydrogen) atoms. The van der Waals surface area contributed by atoms with Gasteiger partial charge in [0.25, 0.3) is 0 Å². The van der Waals surface area contributed by atoms with Crippen LogP contribution in [0, 0.1) is 0 Å². The first-order valence-electron chi connectivity index (χ1n) is 6.92. The number of amides is 1. The fourth-order valence-corrected chi connectivity index (χ4v) is 2.66. The monoisotopic (exact) mass is 295 g/mol. The number of hydrogen-bond acceptors (Lipinski definition) is 5. The van der Waals surface area contributed by atoms with E-state index in [1.807, 2.05) is 24.0 Å². The molecule has 5 nitrogen and oxygen atoms in total. The maximum atomic E-state index is 12.3. The summed E-state index contributed by atoms with van der Waals surface area (Å²) in [6.07, 6.45) is 1.78. The van der Waals surface area contributed by atoms with Crippen LogP contribution in [0.3, 0.4) is 0 Å². The van der Waals surface area contributed by atoms with Crippen LogP contribution >= 0.6 is 11.8 Å². The molecule has 2 heterocycles. The zero-order valence-electron chi connectivity index (χ0n) is 12.0. The Morgan fingerprint density at radius 1 is 1.50 bits per heavy atom. The molecule has 0 aliphatic carbocycles. The number of carbonyl (C=O) groups is 1. The van der Waals surface area contributed by atoms with Gasteiger partial charge < -0.3 is 15.0 Å². The molecule has 1 fully saturated rings. The minimum Gasteiger partial charge on any atom is -0.378 e. The van der Waals surface area contributed by atoms with Crippen LogP contribution < -0.4 is 5.32 Å². The van der Waals surface area contributed by atoms with Crippen LogP contribution in [0.25, 0.3) is 0 Å². The van der Waals surface area contributed by atoms with E-state index in [0.29, 0.717) is 26.3 Å². The Labute approximate surface area is 124 Å². The average Bonchev–Trinajstić information content (AvgIpc) is 2.49. The normalized spacial score (nSPS) is 16.8. The highest BCUT2D eigenvalue weighted by atomic mass is 32.2. The summed E-state index contributed by atoms with van der Waals surface area (Å²) in [6.45, 7) is 6.59. The number of morpholine rings is 1. The first kappa shape index (κ1) is 15.1. The maximum absolute atomic E-state index is 12.3. The summed E-state index contributed by atoms with van der Waals surface area (Å²) in [4.78, 5) is 18.4. The van der Waals surface area contributed by atoms with Crippen molar-refractivity contribution in [1.29, 1.82) is 0 Å². The van der Waals surface area contributed by atoms with Crippen molar-refractivity contribution in [2.24, 2.45) is 0 Å². The lowest BCUT2D eigenvalue weighted by atomic mass is 10.2. The molecule has 1 atom stereocenters. The predicted octanol–water partition coefficient (Wildman–Crippen LogP) is 1.85. The van der Waals surface area contributed by atoms with Crippen molar-refractivity contribution in [2.75, 3.05) is 37.4 Å². The molecular weight excluding hydrogens is 274 g/mol. The SMILES string of the molecule is CCSc1ccc(N[C@H](C)C(=O)N2CCOCC2)cn1. The first-order chi connectivity index (χ1) is 9.70. The van der Waals surface area contributed by atoms with Crippen molar-refractivity contribution in [3.8, 4) is 0 Å². The zero-order valence-corrected chi connectivity index (χ0v) is 12.8. The minimum absolute atomic E-state index is 0.111. The van der Waals surface area contributed by atoms with Gasteiger partial charge in [0, 0.05) is 13.1 Å². The topological polar surface area (TPSA) is 54.5 Å². The van der Waals surface area contributed by atoms with Gasteiger partial charge >= 0.3 is 0 Å². The van der Waals surface area contributed by atoms with Gasteiger partial charge in [0.05, 0.1) is 30.1 Å². The van der Waals surface area contributed by atoms with E-state index in [4.69, 9.17) is 4.74 Å². The van der Waals surface area contributed by atoms with E-state index in [1.54, 1.807) is 18.0 Å². The lowest BCUT2D eigenvalue weighted by Gasteiger charge is -2.29. The average molecular weight is 295 g/mol. The lowest BCUT2D eigenvalue weighted by molar-refractivity contribution is -0.135. The predicted molar refractivity (Wildman–Crippen MR) is 81.1 cm³/mol. The first-order valence-corrected chi connectivity index (χ1v) is 7.91. The Hall–Kier alpha value is -1.27. The van der Waals surface area contributed by atoms with Gasteiger partial charge in [-0.1, -0.05) is 6.92 Å². The minimum atomic E-state index is -0.250. The van der Waals surface area contributed by atoms with Gasteiger partial charge in [-0.15, -0.1) is 11.8 Å². The van der Waals surface area contributed by atoms with Crippen molar-refractivity contribution < 1.29 is 9.53 Å². The summed E-state index contributed by atoms with van der Waals surface area (Å²) >= 11 is 1.70. The Kier molecular flexibility index (Phi) is 5.67. The molecule has 1 aliphatic rings. The molecule has 1 amide bonds. The van der Waals surface area contributed by atoms with Crippen molar-refractivity contribution >= 4 is 23.4 Å². The van der Waals surface area contributed by atoms with Crippen LogP contribution in [0.15, 0.2) is 23.4 Å². The van der Waals surface area contributed by atoms with Gasteiger partial charge in [-0.25, -0.2) is 4.98 Å². The molecule has 2 rings (SSSR count). The molecule has 0 unspecified atom stereocenters. The summed E-state index contributed by atoms with van der Waals surface area (Å²) in [7, 11) is 0. The van der Waals surface area contributed by atoms with Crippen LogP contribution in [-0.4, -0.2) is 53.9 Å². The van der Waals surface area contributed by atoms with Crippen molar-refractivity contribution in [1.82, 2.24) is 9.88 Å². The van der Waals surface area contributed by atoms with Crippen LogP contribution in [0.4, 0.5) is 5.69 Å². The van der Waals surface area contributed by atoms with Crippen molar-refractivity contribution in [3.05, 3.63) is 18.3 Å². The molecule has 0 bridgehead atoms. The molecular formula is C14H21N3O2S. The summed E-state index contributed by atoms with van der Waals surface area (Å²) in [5.41, 5.74) is 0.875. The lowest BCUT2D eigenvalue weighted by Crippen LogP contribution is -2.47. The van der Waals surface area contributed by atoms with Crippen molar-refractivity contribution in [3.63, 3.8) is 0 Å². The highest BCUT2D eigenvalue weighted by Gasteiger charge is 2.22. The number of thioether (sulfide) groups is 1. The molecule has 0 radical (unpaired) electrons. The Balaban J connectivity index is 1.89. The van der Waals surface area contributed by atoms with Crippen LogP contribution in [0.1, 0.15) is 13.8 Å². The Morgan fingerprint density at radius 3 is 2.85 bits per heavy atom. The second-order valence-corrected chi connectivity index (χ2v) is 5.91. The molecule has 110 valence electrons. The second-order valence-electron chi connectivity index (χ2n) is 4.62. The fourth-order valence-electron chi connectivity index (χ4n) is 2.07. The van der Waals surface area contributed by atoms with Gasteiger partial charge in [-0.3, -0.25) is 4.79 Å². The number of anilines is 1. The van der Waals surface area contributed by atoms with E-state index in [2.05, 4.69) is 17.2 Å². The number of carbonyl (C=O) groups excluding carboxylic acids is 1. The standard InChI is InChI=1S/C14H21N3O2S/c1-3-20-13-5-4-12(10-15-13)16-11(2)14(18)17-6-8-19-9-7-17/h4-5,10-11,16H,3,6-9H2,1-2H3/t11-/m1/s1. The smallest absolute Gasteiger partial charge is 0.244 e. The zero-order chi connectivity index (χ0) is 14.4. The van der Waals surface area contributed by atoms with Gasteiger partial charge in [-0.05, 0) is 24.8 Å². The molecule has 0 saturated carbocycles. The Bertz CT molecular complexity index is 433. The van der Waals surface area contributed by atoms with E-state index in [0.717, 1.165) is 16.5 Å². The molecule has 0 spiro atoms. The Morgan fingerprint density at radius 2 is 2.25 bits per heavy atom. The highest BCUT2D eigenvalue weighted by Crippen LogP contribution is 2.17. The fraction of sp³-hybridized carbons (Fsp3) is 0.571. The molecule has 1 aromatic heterocycles. The quantitative estimate of drug-likeness (QED) is 0.840. The third-order valence-electron chi connectivity index (χ3n) is 3.10. The number of hydrogen-bond donors (Lipinski definition) is 1. The van der Waals surface area contributed by atoms with E-state index in [9.17, 15) is 4.79 Å². The van der Waals surface area contributed by atoms with Gasteiger partial charge in [0.1, 0.15) is 6.04 Å². The van der Waals surface area contributed by atoms with E-state index in [-0.39, 0.29) is 11.9 Å². The molecule has 1 aromatic rings. The maximum Gasteiger partial charge on any atom is 0.244 e. The third kappa shape index (κ3) is 4.11. The third-order valence-corrected chi connectivity index (χ3v) is 3.93. The van der Waals surface area contributed by atoms with Crippen LogP contribution in [0.2, 0.25) is 0 Å².